The Morgan fingerprint density at radius 2 is 1.56 bits per heavy atom. The number of aliphatic hydroxyl groups is 1. The van der Waals surface area contributed by atoms with Crippen molar-refractivity contribution in [2.75, 3.05) is 16.7 Å². The molecular formula is C21H24ClF3N2O4S. The van der Waals surface area contributed by atoms with Crippen LogP contribution in [-0.4, -0.2) is 38.3 Å². The summed E-state index contributed by atoms with van der Waals surface area (Å²) >= 11 is 6.05. The smallest absolute Gasteiger partial charge is 0.373 e. The Bertz CT molecular complexity index is 1110. The van der Waals surface area contributed by atoms with E-state index in [2.05, 4.69) is 0 Å². The van der Waals surface area contributed by atoms with Crippen LogP contribution in [0.4, 0.5) is 24.5 Å². The molecular weight excluding hydrogens is 469 g/mol. The molecule has 32 heavy (non-hydrogen) atoms. The van der Waals surface area contributed by atoms with E-state index in [0.717, 1.165) is 15.9 Å². The molecule has 2 aromatic rings. The summed E-state index contributed by atoms with van der Waals surface area (Å²) in [6.45, 7) is 6.31. The first-order valence-electron chi connectivity index (χ1n) is 9.38. The maximum atomic E-state index is 13.0. The highest BCUT2D eigenvalue weighted by Crippen LogP contribution is 2.34. The van der Waals surface area contributed by atoms with E-state index >= 15 is 0 Å². The van der Waals surface area contributed by atoms with Gasteiger partial charge in [0.1, 0.15) is 0 Å². The van der Waals surface area contributed by atoms with E-state index in [1.165, 1.54) is 31.3 Å². The number of halogens is 4. The summed E-state index contributed by atoms with van der Waals surface area (Å²) in [7, 11) is -2.65. The van der Waals surface area contributed by atoms with Crippen molar-refractivity contribution >= 4 is 38.9 Å². The lowest BCUT2D eigenvalue weighted by atomic mass is 9.87. The molecule has 1 atom stereocenters. The molecule has 1 unspecified atom stereocenters. The molecule has 0 bridgehead atoms. The number of amides is 1. The zero-order valence-corrected chi connectivity index (χ0v) is 19.7. The number of benzene rings is 2. The van der Waals surface area contributed by atoms with Crippen molar-refractivity contribution in [3.8, 4) is 0 Å². The number of anilines is 2. The van der Waals surface area contributed by atoms with Gasteiger partial charge in [-0.05, 0) is 48.2 Å². The van der Waals surface area contributed by atoms with Crippen molar-refractivity contribution in [2.24, 2.45) is 0 Å². The van der Waals surface area contributed by atoms with E-state index in [4.69, 9.17) is 11.6 Å². The minimum Gasteiger partial charge on any atom is -0.373 e. The molecule has 2 aromatic carbocycles. The fraction of sp³-hybridized carbons (Fsp3) is 0.381. The van der Waals surface area contributed by atoms with Crippen LogP contribution in [0.3, 0.4) is 0 Å². The summed E-state index contributed by atoms with van der Waals surface area (Å²) < 4.78 is 65.4. The Kier molecular flexibility index (Phi) is 6.95. The van der Waals surface area contributed by atoms with Crippen LogP contribution in [0.5, 0.6) is 0 Å². The second kappa shape index (κ2) is 8.57. The largest absolute Gasteiger partial charge is 0.426 e. The van der Waals surface area contributed by atoms with Gasteiger partial charge in [-0.2, -0.15) is 13.2 Å². The molecule has 0 radical (unpaired) electrons. The predicted molar refractivity (Wildman–Crippen MR) is 117 cm³/mol. The van der Waals surface area contributed by atoms with Gasteiger partial charge in [0.15, 0.2) is 0 Å². The molecule has 6 nitrogen and oxygen atoms in total. The number of nitrogens with one attached hydrogen (secondary N) is 1. The van der Waals surface area contributed by atoms with E-state index in [1.54, 1.807) is 12.1 Å². The number of carbonyl (C=O) groups is 1. The molecule has 0 saturated carbocycles. The fourth-order valence-corrected chi connectivity index (χ4v) is 4.01. The molecule has 0 aliphatic rings. The Morgan fingerprint density at radius 3 is 2.00 bits per heavy atom. The van der Waals surface area contributed by atoms with Crippen molar-refractivity contribution in [1.82, 2.24) is 0 Å². The number of hydrogen-bond donors (Lipinski definition) is 2. The summed E-state index contributed by atoms with van der Waals surface area (Å²) in [6, 6.07) is 10.0. The number of sulfonamides is 1. The van der Waals surface area contributed by atoms with Crippen LogP contribution in [0.15, 0.2) is 47.4 Å². The van der Waals surface area contributed by atoms with Crippen LogP contribution < -0.4 is 9.62 Å². The van der Waals surface area contributed by atoms with Gasteiger partial charge in [0.2, 0.25) is 5.60 Å². The molecule has 1 amide bonds. The molecule has 2 N–H and O–H groups in total. The van der Waals surface area contributed by atoms with E-state index < -0.39 is 27.7 Å². The molecule has 0 saturated heterocycles. The van der Waals surface area contributed by atoms with E-state index in [0.29, 0.717) is 6.92 Å². The third kappa shape index (κ3) is 5.19. The summed E-state index contributed by atoms with van der Waals surface area (Å²) in [5, 5.41) is 11.1. The molecule has 0 aliphatic heterocycles. The van der Waals surface area contributed by atoms with Gasteiger partial charge < -0.3 is 10.4 Å². The quantitative estimate of drug-likeness (QED) is 0.632. The van der Waals surface area contributed by atoms with Crippen molar-refractivity contribution < 1.29 is 31.5 Å². The molecule has 0 heterocycles. The number of hydrogen-bond acceptors (Lipinski definition) is 4. The van der Waals surface area contributed by atoms with Gasteiger partial charge in [-0.1, -0.05) is 44.5 Å². The fourth-order valence-electron chi connectivity index (χ4n) is 2.60. The Balaban J connectivity index is 2.29. The van der Waals surface area contributed by atoms with Crippen LogP contribution in [0, 0.1) is 0 Å². The number of carbonyl (C=O) groups excluding carboxylic acids is 1. The second-order valence-corrected chi connectivity index (χ2v) is 10.8. The van der Waals surface area contributed by atoms with Gasteiger partial charge in [0.05, 0.1) is 21.3 Å². The van der Waals surface area contributed by atoms with E-state index in [-0.39, 0.29) is 26.7 Å². The predicted octanol–water partition coefficient (Wildman–Crippen LogP) is 4.71. The number of rotatable bonds is 5. The summed E-state index contributed by atoms with van der Waals surface area (Å²) in [4.78, 5) is 11.9. The Labute approximate surface area is 190 Å². The van der Waals surface area contributed by atoms with Gasteiger partial charge in [0, 0.05) is 7.05 Å². The van der Waals surface area contributed by atoms with Gasteiger partial charge >= 0.3 is 6.18 Å². The molecule has 2 rings (SSSR count). The highest BCUT2D eigenvalue weighted by molar-refractivity contribution is 7.92. The summed E-state index contributed by atoms with van der Waals surface area (Å²) in [5.74, 6) is -1.72. The first kappa shape index (κ1) is 26.0. The Morgan fingerprint density at radius 1 is 1.03 bits per heavy atom. The van der Waals surface area contributed by atoms with Crippen LogP contribution in [0.25, 0.3) is 0 Å². The van der Waals surface area contributed by atoms with Crippen LogP contribution in [0.2, 0.25) is 5.02 Å². The molecule has 0 aliphatic carbocycles. The number of nitrogens with zero attached hydrogens (tertiary/aromatic N) is 1. The second-order valence-electron chi connectivity index (χ2n) is 8.44. The minimum atomic E-state index is -5.19. The maximum absolute atomic E-state index is 13.0. The topological polar surface area (TPSA) is 86.7 Å². The van der Waals surface area contributed by atoms with Crippen molar-refractivity contribution in [1.29, 1.82) is 0 Å². The van der Waals surface area contributed by atoms with Crippen LogP contribution in [-0.2, 0) is 20.2 Å². The van der Waals surface area contributed by atoms with E-state index in [9.17, 15) is 31.5 Å². The highest BCUT2D eigenvalue weighted by Gasteiger charge is 2.55. The first-order chi connectivity index (χ1) is 14.4. The monoisotopic (exact) mass is 492 g/mol. The average molecular weight is 493 g/mol. The van der Waals surface area contributed by atoms with Gasteiger partial charge in [0.25, 0.3) is 15.9 Å². The third-order valence-corrected chi connectivity index (χ3v) is 7.05. The lowest BCUT2D eigenvalue weighted by Gasteiger charge is -2.25. The standard InChI is InChI=1S/C21H24ClF3N2O4S/c1-19(2,3)13-6-9-15(10-7-13)32(30,31)27(5)14-8-11-17(16(22)12-14)26-18(28)20(4,29)21(23,24)25/h6-12,29H,1-5H3,(H,26,28). The average Bonchev–Trinajstić information content (AvgIpc) is 2.67. The van der Waals surface area contributed by atoms with Gasteiger partial charge in [-0.25, -0.2) is 8.42 Å². The molecule has 0 spiro atoms. The summed E-state index contributed by atoms with van der Waals surface area (Å²) in [6.07, 6.45) is -5.19. The van der Waals surface area contributed by atoms with E-state index in [1.807, 2.05) is 26.1 Å². The third-order valence-electron chi connectivity index (χ3n) is 4.94. The summed E-state index contributed by atoms with van der Waals surface area (Å²) in [5.41, 5.74) is -2.93. The molecule has 11 heteroatoms. The zero-order valence-electron chi connectivity index (χ0n) is 18.1. The lowest BCUT2D eigenvalue weighted by molar-refractivity contribution is -0.242. The SMILES string of the molecule is CN(c1ccc(NC(=O)C(C)(O)C(F)(F)F)c(Cl)c1)S(=O)(=O)c1ccc(C(C)(C)C)cc1. The van der Waals surface area contributed by atoms with Gasteiger partial charge in [-0.15, -0.1) is 0 Å². The van der Waals surface area contributed by atoms with Crippen molar-refractivity contribution in [3.63, 3.8) is 0 Å². The normalized spacial score (nSPS) is 14.6. The first-order valence-corrected chi connectivity index (χ1v) is 11.2. The molecule has 176 valence electrons. The number of alkyl halides is 3. The van der Waals surface area contributed by atoms with Crippen LogP contribution >= 0.6 is 11.6 Å². The molecule has 0 fully saturated rings. The zero-order chi connectivity index (χ0) is 24.7. The lowest BCUT2D eigenvalue weighted by Crippen LogP contribution is -2.52. The van der Waals surface area contributed by atoms with Crippen molar-refractivity contribution in [3.05, 3.63) is 53.1 Å². The molecule has 0 aromatic heterocycles. The van der Waals surface area contributed by atoms with Crippen molar-refractivity contribution in [2.45, 2.75) is 49.8 Å². The highest BCUT2D eigenvalue weighted by atomic mass is 35.5. The Hall–Kier alpha value is -2.30. The van der Waals surface area contributed by atoms with Gasteiger partial charge in [-0.3, -0.25) is 9.10 Å². The van der Waals surface area contributed by atoms with Crippen LogP contribution in [0.1, 0.15) is 33.3 Å². The minimum absolute atomic E-state index is 0.0442. The maximum Gasteiger partial charge on any atom is 0.426 e.